The zero-order valence-corrected chi connectivity index (χ0v) is 13.7. The number of hydrogen-bond donors (Lipinski definition) is 2. The number of phenolic OH excluding ortho intramolecular Hbond substituents is 1. The van der Waals surface area contributed by atoms with E-state index in [4.69, 9.17) is 9.66 Å². The molecule has 1 rings (SSSR count). The molecule has 0 radical (unpaired) electrons. The van der Waals surface area contributed by atoms with Crippen LogP contribution >= 0.6 is 0 Å². The number of rotatable bonds is 2. The standard InChI is InChI=1S/C7H6O6S.Na.5H2O.Zn.H/c8-6-4-2-1-3-5(6)7(9)13-14(10,11)12;;;;;;;;/h1-4,8H,(H,10,11,12);;5*1H2;;. The summed E-state index contributed by atoms with van der Waals surface area (Å²) in [6.45, 7) is 0. The quantitative estimate of drug-likeness (QED) is 0.367. The van der Waals surface area contributed by atoms with Crippen molar-refractivity contribution in [1.29, 1.82) is 0 Å². The first kappa shape index (κ1) is 42.8. The van der Waals surface area contributed by atoms with E-state index in [2.05, 4.69) is 4.18 Å². The van der Waals surface area contributed by atoms with Crippen molar-refractivity contribution in [2.24, 2.45) is 0 Å². The van der Waals surface area contributed by atoms with E-state index in [1.165, 1.54) is 18.2 Å². The third kappa shape index (κ3) is 16.0. The summed E-state index contributed by atoms with van der Waals surface area (Å²) in [6, 6.07) is 5.18. The fourth-order valence-electron chi connectivity index (χ4n) is 0.787. The van der Waals surface area contributed by atoms with Gasteiger partial charge in [-0.15, -0.1) is 0 Å². The summed E-state index contributed by atoms with van der Waals surface area (Å²) in [5.74, 6) is -1.77. The fourth-order valence-corrected chi connectivity index (χ4v) is 1.07. The molecule has 0 atom stereocenters. The number of phenols is 1. The van der Waals surface area contributed by atoms with Crippen LogP contribution in [0.2, 0.25) is 0 Å². The van der Waals surface area contributed by atoms with Gasteiger partial charge in [-0.3, -0.25) is 4.55 Å². The van der Waals surface area contributed by atoms with Gasteiger partial charge in [0.15, 0.2) is 0 Å². The minimum Gasteiger partial charge on any atom is 0 e. The molecule has 0 amide bonds. The molecule has 0 saturated carbocycles. The van der Waals surface area contributed by atoms with Crippen molar-refractivity contribution in [3.05, 3.63) is 29.8 Å². The second-order valence-electron chi connectivity index (χ2n) is 2.32. The monoisotopic (exact) mass is 396 g/mol. The van der Waals surface area contributed by atoms with Crippen molar-refractivity contribution in [3.8, 4) is 5.75 Å². The predicted molar refractivity (Wildman–Crippen MR) is 70.3 cm³/mol. The molecule has 21 heavy (non-hydrogen) atoms. The summed E-state index contributed by atoms with van der Waals surface area (Å²) in [5, 5.41) is 9.10. The first-order chi connectivity index (χ1) is 6.40. The number of carbonyl (C=O) groups is 1. The van der Waals surface area contributed by atoms with Gasteiger partial charge >= 0.3 is 45.9 Å². The molecule has 11 nitrogen and oxygen atoms in total. The van der Waals surface area contributed by atoms with Gasteiger partial charge in [-0.1, -0.05) is 12.1 Å². The van der Waals surface area contributed by atoms with Gasteiger partial charge in [0.1, 0.15) is 11.3 Å². The van der Waals surface area contributed by atoms with E-state index >= 15 is 0 Å². The average Bonchev–Trinajstić information content (AvgIpc) is 2.01. The van der Waals surface area contributed by atoms with Crippen LogP contribution in [-0.4, -0.2) is 81.0 Å². The summed E-state index contributed by atoms with van der Waals surface area (Å²) in [6.07, 6.45) is 0. The van der Waals surface area contributed by atoms with Gasteiger partial charge in [-0.25, -0.2) is 4.79 Å². The number of benzene rings is 1. The number of para-hydroxylation sites is 1. The minimum atomic E-state index is -4.85. The molecular weight excluding hydrogens is 381 g/mol. The van der Waals surface area contributed by atoms with Gasteiger partial charge in [0.05, 0.1) is 0 Å². The number of aromatic hydroxyl groups is 1. The van der Waals surface area contributed by atoms with Crippen LogP contribution in [0.5, 0.6) is 5.75 Å². The summed E-state index contributed by atoms with van der Waals surface area (Å²) < 4.78 is 32.1. The second-order valence-corrected chi connectivity index (χ2v) is 3.34. The molecule has 1 aromatic carbocycles. The zero-order chi connectivity index (χ0) is 10.8. The average molecular weight is 398 g/mol. The SMILES string of the molecule is O.O.O.O.O.O=C(OS(=O)(=O)O)c1ccccc1O.[NaH].[Zn]. The molecular formula is C7H17NaO11SZn. The molecule has 0 saturated heterocycles. The zero-order valence-electron chi connectivity index (χ0n) is 9.95. The Bertz CT molecular complexity index is 465. The Kier molecular flexibility index (Phi) is 36.4. The van der Waals surface area contributed by atoms with E-state index in [1.54, 1.807) is 0 Å². The van der Waals surface area contributed by atoms with E-state index in [-0.39, 0.29) is 82.0 Å². The Morgan fingerprint density at radius 2 is 1.38 bits per heavy atom. The van der Waals surface area contributed by atoms with E-state index in [9.17, 15) is 13.2 Å². The molecule has 0 aromatic heterocycles. The molecule has 0 aliphatic heterocycles. The first-order valence-corrected chi connectivity index (χ1v) is 4.76. The van der Waals surface area contributed by atoms with Gasteiger partial charge in [-0.2, -0.15) is 8.42 Å². The van der Waals surface area contributed by atoms with Crippen LogP contribution in [0.25, 0.3) is 0 Å². The van der Waals surface area contributed by atoms with Gasteiger partial charge in [0.2, 0.25) is 0 Å². The van der Waals surface area contributed by atoms with Gasteiger partial charge < -0.3 is 36.7 Å². The smallest absolute Gasteiger partial charge is 0 e. The molecule has 0 spiro atoms. The fraction of sp³-hybridized carbons (Fsp3) is 0. The summed E-state index contributed by atoms with van der Waals surface area (Å²) in [7, 11) is -4.85. The van der Waals surface area contributed by atoms with Crippen molar-refractivity contribution < 1.29 is 73.9 Å². The van der Waals surface area contributed by atoms with E-state index in [1.807, 2.05) is 0 Å². The molecule has 120 valence electrons. The van der Waals surface area contributed by atoms with Gasteiger partial charge in [0, 0.05) is 19.5 Å². The Balaban J connectivity index is -0.0000000560. The van der Waals surface area contributed by atoms with Crippen LogP contribution in [0.4, 0.5) is 0 Å². The van der Waals surface area contributed by atoms with Crippen LogP contribution in [0.3, 0.4) is 0 Å². The molecule has 0 aliphatic rings. The molecule has 12 N–H and O–H groups in total. The van der Waals surface area contributed by atoms with E-state index in [0.29, 0.717) is 0 Å². The second kappa shape index (κ2) is 17.9. The van der Waals surface area contributed by atoms with Crippen LogP contribution in [0, 0.1) is 0 Å². The predicted octanol–water partition coefficient (Wildman–Crippen LogP) is -4.42. The van der Waals surface area contributed by atoms with Gasteiger partial charge in [0.25, 0.3) is 0 Å². The Morgan fingerprint density at radius 3 is 1.71 bits per heavy atom. The van der Waals surface area contributed by atoms with Crippen molar-refractivity contribution >= 4 is 45.9 Å². The largest absolute Gasteiger partial charge is 0 e. The Morgan fingerprint density at radius 1 is 1.00 bits per heavy atom. The Hall–Kier alpha value is -0.177. The van der Waals surface area contributed by atoms with Crippen LogP contribution in [0.15, 0.2) is 24.3 Å². The summed E-state index contributed by atoms with van der Waals surface area (Å²) >= 11 is 0. The van der Waals surface area contributed by atoms with Gasteiger partial charge in [-0.05, 0) is 12.1 Å². The van der Waals surface area contributed by atoms with Crippen LogP contribution in [-0.2, 0) is 34.1 Å². The molecule has 0 aliphatic carbocycles. The minimum absolute atomic E-state index is 0. The maximum Gasteiger partial charge on any atom is 0 e. The van der Waals surface area contributed by atoms with Crippen molar-refractivity contribution in [2.75, 3.05) is 0 Å². The van der Waals surface area contributed by atoms with Crippen molar-refractivity contribution in [2.45, 2.75) is 0 Å². The van der Waals surface area contributed by atoms with E-state index < -0.39 is 22.1 Å². The van der Waals surface area contributed by atoms with Crippen LogP contribution in [0.1, 0.15) is 10.4 Å². The topological polar surface area (TPSA) is 258 Å². The first-order valence-electron chi connectivity index (χ1n) is 3.39. The molecule has 1 aromatic rings. The molecule has 0 bridgehead atoms. The summed E-state index contributed by atoms with van der Waals surface area (Å²) in [4.78, 5) is 11.0. The molecule has 0 heterocycles. The molecule has 0 unspecified atom stereocenters. The summed E-state index contributed by atoms with van der Waals surface area (Å²) in [5.41, 5.74) is -0.342. The third-order valence-corrected chi connectivity index (χ3v) is 1.67. The Labute approximate surface area is 154 Å². The third-order valence-electron chi connectivity index (χ3n) is 1.30. The van der Waals surface area contributed by atoms with Crippen LogP contribution < -0.4 is 0 Å². The maximum atomic E-state index is 11.0. The number of carbonyl (C=O) groups excluding carboxylic acids is 1. The normalized spacial score (nSPS) is 7.29. The van der Waals surface area contributed by atoms with E-state index in [0.717, 1.165) is 6.07 Å². The molecule has 14 heteroatoms. The van der Waals surface area contributed by atoms with Crippen molar-refractivity contribution in [1.82, 2.24) is 0 Å². The number of hydrogen-bond acceptors (Lipinski definition) is 5. The molecule has 0 fully saturated rings. The maximum absolute atomic E-state index is 11.0. The van der Waals surface area contributed by atoms with Crippen molar-refractivity contribution in [3.63, 3.8) is 0 Å².